The van der Waals surface area contributed by atoms with Gasteiger partial charge in [0, 0.05) is 15.7 Å². The molecule has 126 valence electrons. The molecule has 22 heavy (non-hydrogen) atoms. The third-order valence-corrected chi connectivity index (χ3v) is 5.66. The van der Waals surface area contributed by atoms with Crippen LogP contribution in [-0.4, -0.2) is 18.3 Å². The Hall–Kier alpha value is -0.480. The first-order valence-corrected chi connectivity index (χ1v) is 10.6. The van der Waals surface area contributed by atoms with Gasteiger partial charge in [-0.05, 0) is 19.1 Å². The van der Waals surface area contributed by atoms with Gasteiger partial charge in [-0.1, -0.05) is 58.3 Å². The third-order valence-electron chi connectivity index (χ3n) is 3.63. The molecule has 0 spiro atoms. The van der Waals surface area contributed by atoms with Crippen LogP contribution < -0.4 is 0 Å². The predicted molar refractivity (Wildman–Crippen MR) is 98.2 cm³/mol. The highest BCUT2D eigenvalue weighted by molar-refractivity contribution is 7.99. The number of carbonyl (C=O) groups is 1. The number of unbranched alkanes of at least 4 members (excludes halogenated alkanes) is 8. The lowest BCUT2D eigenvalue weighted by molar-refractivity contribution is 0.0523. The van der Waals surface area contributed by atoms with Gasteiger partial charge in [0.05, 0.1) is 12.2 Å². The number of esters is 1. The van der Waals surface area contributed by atoms with E-state index >= 15 is 0 Å². The monoisotopic (exact) mass is 342 g/mol. The molecule has 0 amide bonds. The molecular formula is C18H30O2S2. The summed E-state index contributed by atoms with van der Waals surface area (Å²) in [4.78, 5) is 12.9. The van der Waals surface area contributed by atoms with Crippen molar-refractivity contribution in [3.05, 3.63) is 16.3 Å². The first kappa shape index (κ1) is 19.6. The van der Waals surface area contributed by atoms with Gasteiger partial charge in [-0.25, -0.2) is 4.79 Å². The molecule has 1 rings (SSSR count). The summed E-state index contributed by atoms with van der Waals surface area (Å²) >= 11 is 3.37. The maximum absolute atomic E-state index is 11.8. The molecule has 1 aromatic heterocycles. The first-order valence-electron chi connectivity index (χ1n) is 8.65. The Labute approximate surface area is 144 Å². The van der Waals surface area contributed by atoms with E-state index in [1.165, 1.54) is 57.8 Å². The van der Waals surface area contributed by atoms with Crippen LogP contribution in [0.3, 0.4) is 0 Å². The van der Waals surface area contributed by atoms with Gasteiger partial charge in [0.25, 0.3) is 0 Å². The van der Waals surface area contributed by atoms with E-state index < -0.39 is 0 Å². The lowest BCUT2D eigenvalue weighted by atomic mass is 10.1. The summed E-state index contributed by atoms with van der Waals surface area (Å²) in [7, 11) is 0. The minimum absolute atomic E-state index is 0.182. The van der Waals surface area contributed by atoms with Gasteiger partial charge in [-0.15, -0.1) is 11.8 Å². The molecule has 0 fully saturated rings. The van der Waals surface area contributed by atoms with Crippen LogP contribution in [0.2, 0.25) is 0 Å². The second-order valence-electron chi connectivity index (χ2n) is 5.55. The summed E-state index contributed by atoms with van der Waals surface area (Å²) in [5.41, 5.74) is 0.743. The Kier molecular flexibility index (Phi) is 11.6. The quantitative estimate of drug-likeness (QED) is 0.231. The molecule has 0 atom stereocenters. The zero-order valence-corrected chi connectivity index (χ0v) is 15.7. The molecule has 0 saturated carbocycles. The minimum Gasteiger partial charge on any atom is -0.462 e. The number of carbonyl (C=O) groups excluding carboxylic acids is 1. The number of ether oxygens (including phenoxy) is 1. The number of hydrogen-bond donors (Lipinski definition) is 0. The molecule has 2 nitrogen and oxygen atoms in total. The largest absolute Gasteiger partial charge is 0.462 e. The summed E-state index contributed by atoms with van der Waals surface area (Å²) in [5, 5.41) is 3.96. The van der Waals surface area contributed by atoms with Crippen LogP contribution in [-0.2, 0) is 4.74 Å². The van der Waals surface area contributed by atoms with Gasteiger partial charge in [-0.3, -0.25) is 0 Å². The van der Waals surface area contributed by atoms with Crippen molar-refractivity contribution in [1.82, 2.24) is 0 Å². The van der Waals surface area contributed by atoms with Crippen LogP contribution in [0.4, 0.5) is 0 Å². The molecule has 0 aliphatic rings. The zero-order chi connectivity index (χ0) is 16.0. The van der Waals surface area contributed by atoms with E-state index in [4.69, 9.17) is 4.74 Å². The molecule has 0 unspecified atom stereocenters. The summed E-state index contributed by atoms with van der Waals surface area (Å²) in [6.07, 6.45) is 12.2. The fourth-order valence-electron chi connectivity index (χ4n) is 2.35. The Morgan fingerprint density at radius 3 is 2.27 bits per heavy atom. The van der Waals surface area contributed by atoms with Crippen molar-refractivity contribution in [3.8, 4) is 0 Å². The summed E-state index contributed by atoms with van der Waals surface area (Å²) in [5.74, 6) is 0.914. The van der Waals surface area contributed by atoms with Crippen molar-refractivity contribution < 1.29 is 9.53 Å². The van der Waals surface area contributed by atoms with Crippen LogP contribution >= 0.6 is 23.1 Å². The summed E-state index contributed by atoms with van der Waals surface area (Å²) in [6.45, 7) is 4.55. The lowest BCUT2D eigenvalue weighted by Crippen LogP contribution is -2.04. The number of rotatable bonds is 13. The van der Waals surface area contributed by atoms with Crippen molar-refractivity contribution in [2.75, 3.05) is 12.4 Å². The van der Waals surface area contributed by atoms with Crippen LogP contribution in [0.25, 0.3) is 0 Å². The minimum atomic E-state index is -0.182. The smallest absolute Gasteiger partial charge is 0.340 e. The van der Waals surface area contributed by atoms with Gasteiger partial charge in [0.1, 0.15) is 0 Å². The van der Waals surface area contributed by atoms with Gasteiger partial charge in [0.2, 0.25) is 0 Å². The van der Waals surface area contributed by atoms with Crippen LogP contribution in [0.1, 0.15) is 82.0 Å². The Morgan fingerprint density at radius 2 is 1.64 bits per heavy atom. The molecule has 0 aliphatic heterocycles. The maximum Gasteiger partial charge on any atom is 0.340 e. The van der Waals surface area contributed by atoms with Crippen molar-refractivity contribution >= 4 is 29.1 Å². The van der Waals surface area contributed by atoms with Crippen LogP contribution in [0.5, 0.6) is 0 Å². The summed E-state index contributed by atoms with van der Waals surface area (Å²) in [6, 6.07) is 0. The van der Waals surface area contributed by atoms with Crippen LogP contribution in [0.15, 0.2) is 15.7 Å². The van der Waals surface area contributed by atoms with E-state index in [9.17, 15) is 4.79 Å². The highest BCUT2D eigenvalue weighted by Crippen LogP contribution is 2.28. The number of thioether (sulfide) groups is 1. The van der Waals surface area contributed by atoms with E-state index in [1.54, 1.807) is 23.1 Å². The second kappa shape index (κ2) is 13.0. The van der Waals surface area contributed by atoms with E-state index in [1.807, 2.05) is 12.3 Å². The van der Waals surface area contributed by atoms with Gasteiger partial charge in [-0.2, -0.15) is 11.3 Å². The lowest BCUT2D eigenvalue weighted by Gasteiger charge is -2.04. The highest BCUT2D eigenvalue weighted by atomic mass is 32.2. The molecule has 1 heterocycles. The topological polar surface area (TPSA) is 26.3 Å². The highest BCUT2D eigenvalue weighted by Gasteiger charge is 2.13. The molecule has 0 aromatic carbocycles. The molecule has 1 aromatic rings. The standard InChI is InChI=1S/C18H30O2S2/c1-3-5-6-7-8-9-10-11-12-13-22-17-15-21-14-16(17)18(19)20-4-2/h14-15H,3-13H2,1-2H3. The van der Waals surface area contributed by atoms with E-state index in [2.05, 4.69) is 12.3 Å². The van der Waals surface area contributed by atoms with Crippen molar-refractivity contribution in [2.24, 2.45) is 0 Å². The van der Waals surface area contributed by atoms with E-state index in [-0.39, 0.29) is 5.97 Å². The average Bonchev–Trinajstić information content (AvgIpc) is 2.98. The predicted octanol–water partition coefficient (Wildman–Crippen LogP) is 6.55. The Bertz CT molecular complexity index is 402. The fraction of sp³-hybridized carbons (Fsp3) is 0.722. The molecule has 0 aliphatic carbocycles. The molecule has 4 heteroatoms. The van der Waals surface area contributed by atoms with E-state index in [0.717, 1.165) is 16.2 Å². The third kappa shape index (κ3) is 8.23. The molecular weight excluding hydrogens is 312 g/mol. The Morgan fingerprint density at radius 1 is 1.00 bits per heavy atom. The second-order valence-corrected chi connectivity index (χ2v) is 7.43. The molecule has 0 bridgehead atoms. The molecule has 0 radical (unpaired) electrons. The zero-order valence-electron chi connectivity index (χ0n) is 14.1. The fourth-order valence-corrected chi connectivity index (χ4v) is 4.41. The normalized spacial score (nSPS) is 10.8. The van der Waals surface area contributed by atoms with Crippen molar-refractivity contribution in [3.63, 3.8) is 0 Å². The van der Waals surface area contributed by atoms with Crippen molar-refractivity contribution in [2.45, 2.75) is 76.5 Å². The first-order chi connectivity index (χ1) is 10.8. The number of thiophene rings is 1. The van der Waals surface area contributed by atoms with Crippen LogP contribution in [0, 0.1) is 0 Å². The average molecular weight is 343 g/mol. The Balaban J connectivity index is 2.05. The SMILES string of the molecule is CCCCCCCCCCCSc1cscc1C(=O)OCC. The number of hydrogen-bond acceptors (Lipinski definition) is 4. The summed E-state index contributed by atoms with van der Waals surface area (Å²) < 4.78 is 5.08. The maximum atomic E-state index is 11.8. The molecule has 0 N–H and O–H groups in total. The van der Waals surface area contributed by atoms with E-state index in [0.29, 0.717) is 6.61 Å². The van der Waals surface area contributed by atoms with Gasteiger partial charge >= 0.3 is 5.97 Å². The van der Waals surface area contributed by atoms with Crippen molar-refractivity contribution in [1.29, 1.82) is 0 Å². The van der Waals surface area contributed by atoms with Gasteiger partial charge < -0.3 is 4.74 Å². The van der Waals surface area contributed by atoms with Gasteiger partial charge in [0.15, 0.2) is 0 Å². The molecule has 0 saturated heterocycles.